The third-order valence-electron chi connectivity index (χ3n) is 4.67. The average molecular weight is 337 g/mol. The molecule has 124 valence electrons. The van der Waals surface area contributed by atoms with Crippen molar-refractivity contribution in [3.8, 4) is 0 Å². The molecular weight excluding hydrogens is 318 g/mol. The van der Waals surface area contributed by atoms with Crippen LogP contribution in [0.5, 0.6) is 0 Å². The van der Waals surface area contributed by atoms with Crippen LogP contribution < -0.4 is 10.5 Å². The van der Waals surface area contributed by atoms with Crippen molar-refractivity contribution in [2.75, 3.05) is 13.6 Å². The molecule has 2 aliphatic rings. The zero-order valence-electron chi connectivity index (χ0n) is 12.8. The topological polar surface area (TPSA) is 110 Å². The molecule has 8 heteroatoms. The number of nitrogens with zero attached hydrogens (tertiary/aromatic N) is 1. The molecule has 1 aliphatic heterocycles. The summed E-state index contributed by atoms with van der Waals surface area (Å²) in [7, 11) is -2.43. The zero-order valence-corrected chi connectivity index (χ0v) is 13.6. The average Bonchev–Trinajstić information content (AvgIpc) is 3.07. The molecule has 3 rings (SSSR count). The smallest absolute Gasteiger partial charge is 0.261 e. The predicted octanol–water partition coefficient (Wildman–Crippen LogP) is 0.462. The summed E-state index contributed by atoms with van der Waals surface area (Å²) in [6.45, 7) is 0.233. The first-order valence-electron chi connectivity index (χ1n) is 7.50. The molecule has 2 amide bonds. The first kappa shape index (κ1) is 16.1. The number of hydrogen-bond donors (Lipinski definition) is 2. The van der Waals surface area contributed by atoms with Crippen LogP contribution in [0, 0.1) is 0 Å². The van der Waals surface area contributed by atoms with E-state index in [0.29, 0.717) is 12.8 Å². The highest BCUT2D eigenvalue weighted by atomic mass is 32.2. The lowest BCUT2D eigenvalue weighted by molar-refractivity contribution is 0.0693. The molecular formula is C15H19N3O4S. The summed E-state index contributed by atoms with van der Waals surface area (Å²) in [5, 5.41) is 0. The minimum absolute atomic E-state index is 0.0209. The Balaban J connectivity index is 1.96. The van der Waals surface area contributed by atoms with E-state index in [-0.39, 0.29) is 22.6 Å². The zero-order chi connectivity index (χ0) is 16.8. The van der Waals surface area contributed by atoms with Crippen molar-refractivity contribution in [3.63, 3.8) is 0 Å². The molecule has 0 saturated heterocycles. The van der Waals surface area contributed by atoms with E-state index in [2.05, 4.69) is 4.72 Å². The van der Waals surface area contributed by atoms with E-state index < -0.39 is 27.4 Å². The van der Waals surface area contributed by atoms with Gasteiger partial charge in [0, 0.05) is 19.1 Å². The van der Waals surface area contributed by atoms with E-state index in [1.807, 2.05) is 0 Å². The Bertz CT molecular complexity index is 782. The number of nitrogens with one attached hydrogen (secondary N) is 1. The van der Waals surface area contributed by atoms with Crippen LogP contribution in [0.1, 0.15) is 46.4 Å². The largest absolute Gasteiger partial charge is 0.329 e. The summed E-state index contributed by atoms with van der Waals surface area (Å²) >= 11 is 0. The highest BCUT2D eigenvalue weighted by molar-refractivity contribution is 7.89. The standard InChI is InChI=1S/C15H19N3O4S/c1-18-13(19)11-5-4-10(8-12(11)14(18)20)23(21,22)17-15(9-16)6-2-3-7-15/h4-5,8,17H,2-3,6-7,9,16H2,1H3. The molecule has 1 fully saturated rings. The van der Waals surface area contributed by atoms with Gasteiger partial charge in [-0.1, -0.05) is 12.8 Å². The molecule has 1 aromatic rings. The fourth-order valence-electron chi connectivity index (χ4n) is 3.25. The van der Waals surface area contributed by atoms with Crippen molar-refractivity contribution in [1.29, 1.82) is 0 Å². The Morgan fingerprint density at radius 2 is 1.78 bits per heavy atom. The second-order valence-corrected chi connectivity index (χ2v) is 7.86. The summed E-state index contributed by atoms with van der Waals surface area (Å²) in [5.41, 5.74) is 5.50. The molecule has 1 aromatic carbocycles. The molecule has 3 N–H and O–H groups in total. The molecule has 0 bridgehead atoms. The molecule has 7 nitrogen and oxygen atoms in total. The molecule has 23 heavy (non-hydrogen) atoms. The van der Waals surface area contributed by atoms with Crippen molar-refractivity contribution in [3.05, 3.63) is 29.3 Å². The SMILES string of the molecule is CN1C(=O)c2ccc(S(=O)(=O)NC3(CN)CCCC3)cc2C1=O. The number of benzene rings is 1. The van der Waals surface area contributed by atoms with Crippen molar-refractivity contribution in [1.82, 2.24) is 9.62 Å². The van der Waals surface area contributed by atoms with Gasteiger partial charge in [-0.05, 0) is 31.0 Å². The third-order valence-corrected chi connectivity index (χ3v) is 6.25. The number of amides is 2. The Hall–Kier alpha value is -1.77. The number of carbonyl (C=O) groups excluding carboxylic acids is 2. The van der Waals surface area contributed by atoms with Crippen molar-refractivity contribution in [2.24, 2.45) is 5.73 Å². The summed E-state index contributed by atoms with van der Waals surface area (Å²) < 4.78 is 28.0. The maximum atomic E-state index is 12.6. The lowest BCUT2D eigenvalue weighted by Gasteiger charge is -2.28. The first-order valence-corrected chi connectivity index (χ1v) is 8.98. The molecule has 1 heterocycles. The highest BCUT2D eigenvalue weighted by Crippen LogP contribution is 2.31. The second kappa shape index (κ2) is 5.40. The first-order chi connectivity index (χ1) is 10.8. The van der Waals surface area contributed by atoms with Gasteiger partial charge in [0.1, 0.15) is 0 Å². The van der Waals surface area contributed by atoms with E-state index in [1.54, 1.807) is 0 Å². The minimum Gasteiger partial charge on any atom is -0.329 e. The van der Waals surface area contributed by atoms with Crippen molar-refractivity contribution < 1.29 is 18.0 Å². The number of carbonyl (C=O) groups is 2. The van der Waals surface area contributed by atoms with E-state index in [1.165, 1.54) is 25.2 Å². The summed E-state index contributed by atoms with van der Waals surface area (Å²) in [5.74, 6) is -0.910. The van der Waals surface area contributed by atoms with Gasteiger partial charge in [0.25, 0.3) is 11.8 Å². The Kier molecular flexibility index (Phi) is 3.78. The number of hydrogen-bond acceptors (Lipinski definition) is 5. The predicted molar refractivity (Wildman–Crippen MR) is 83.4 cm³/mol. The Morgan fingerprint density at radius 3 is 2.39 bits per heavy atom. The van der Waals surface area contributed by atoms with Crippen LogP contribution in [0.15, 0.2) is 23.1 Å². The Morgan fingerprint density at radius 1 is 1.17 bits per heavy atom. The van der Waals surface area contributed by atoms with Crippen LogP contribution in [0.25, 0.3) is 0 Å². The highest BCUT2D eigenvalue weighted by Gasteiger charge is 2.38. The monoisotopic (exact) mass is 337 g/mol. The van der Waals surface area contributed by atoms with Crippen LogP contribution >= 0.6 is 0 Å². The third kappa shape index (κ3) is 2.56. The molecule has 0 unspecified atom stereocenters. The van der Waals surface area contributed by atoms with E-state index in [4.69, 9.17) is 5.73 Å². The maximum Gasteiger partial charge on any atom is 0.261 e. The fraction of sp³-hybridized carbons (Fsp3) is 0.467. The number of nitrogens with two attached hydrogens (primary N) is 1. The number of sulfonamides is 1. The second-order valence-electron chi connectivity index (χ2n) is 6.17. The van der Waals surface area contributed by atoms with Gasteiger partial charge in [-0.2, -0.15) is 0 Å². The van der Waals surface area contributed by atoms with Gasteiger partial charge in [0.2, 0.25) is 10.0 Å². The van der Waals surface area contributed by atoms with Gasteiger partial charge in [-0.3, -0.25) is 14.5 Å². The molecule has 1 saturated carbocycles. The minimum atomic E-state index is -3.81. The van der Waals surface area contributed by atoms with E-state index in [9.17, 15) is 18.0 Å². The number of imide groups is 1. The lowest BCUT2D eigenvalue weighted by Crippen LogP contribution is -2.51. The lowest BCUT2D eigenvalue weighted by atomic mass is 10.0. The van der Waals surface area contributed by atoms with Crippen LogP contribution in [0.2, 0.25) is 0 Å². The maximum absolute atomic E-state index is 12.6. The number of rotatable bonds is 4. The van der Waals surface area contributed by atoms with Crippen molar-refractivity contribution in [2.45, 2.75) is 36.1 Å². The van der Waals surface area contributed by atoms with E-state index in [0.717, 1.165) is 17.7 Å². The van der Waals surface area contributed by atoms with Gasteiger partial charge < -0.3 is 5.73 Å². The van der Waals surface area contributed by atoms with Gasteiger partial charge in [0.05, 0.1) is 16.0 Å². The van der Waals surface area contributed by atoms with Gasteiger partial charge in [-0.15, -0.1) is 0 Å². The van der Waals surface area contributed by atoms with Crippen LogP contribution in [0.4, 0.5) is 0 Å². The molecule has 0 atom stereocenters. The normalized spacial score (nSPS) is 20.2. The van der Waals surface area contributed by atoms with Gasteiger partial charge in [0.15, 0.2) is 0 Å². The fourth-order valence-corrected chi connectivity index (χ4v) is 4.75. The quantitative estimate of drug-likeness (QED) is 0.776. The van der Waals surface area contributed by atoms with Crippen LogP contribution in [-0.2, 0) is 10.0 Å². The van der Waals surface area contributed by atoms with Crippen LogP contribution in [-0.4, -0.2) is 44.3 Å². The Labute approximate surface area is 134 Å². The molecule has 0 radical (unpaired) electrons. The summed E-state index contributed by atoms with van der Waals surface area (Å²) in [6.07, 6.45) is 3.27. The van der Waals surface area contributed by atoms with Gasteiger partial charge >= 0.3 is 0 Å². The van der Waals surface area contributed by atoms with Crippen LogP contribution in [0.3, 0.4) is 0 Å². The molecule has 0 spiro atoms. The van der Waals surface area contributed by atoms with E-state index >= 15 is 0 Å². The molecule has 1 aliphatic carbocycles. The molecule has 0 aromatic heterocycles. The number of fused-ring (bicyclic) bond motifs is 1. The summed E-state index contributed by atoms with van der Waals surface area (Å²) in [4.78, 5) is 24.8. The van der Waals surface area contributed by atoms with Gasteiger partial charge in [-0.25, -0.2) is 13.1 Å². The summed E-state index contributed by atoms with van der Waals surface area (Å²) in [6, 6.07) is 4.00. The van der Waals surface area contributed by atoms with Crippen molar-refractivity contribution >= 4 is 21.8 Å².